The molecule has 0 unspecified atom stereocenters. The van der Waals surface area contributed by atoms with Crippen LogP contribution >= 0.6 is 0 Å². The van der Waals surface area contributed by atoms with Gasteiger partial charge in [-0.2, -0.15) is 4.98 Å². The van der Waals surface area contributed by atoms with Gasteiger partial charge in [0.05, 0.1) is 18.7 Å². The molecule has 1 aromatic carbocycles. The highest BCUT2D eigenvalue weighted by atomic mass is 19.1. The van der Waals surface area contributed by atoms with Crippen LogP contribution in [0, 0.1) is 5.82 Å². The number of hydrogen-bond acceptors (Lipinski definition) is 5. The van der Waals surface area contributed by atoms with Crippen molar-refractivity contribution in [1.82, 2.24) is 19.4 Å². The zero-order valence-electron chi connectivity index (χ0n) is 16.3. The standard InChI is InChI=1S/C21H24FN5O2/c1-2-29-21(28)26-12-9-17(10-13-26)24-20-25-19-18(4-3-11-23-19)27(20)14-15-5-7-16(22)8-6-15/h3-8,11,17H,2,9-10,12-14H2,1H3,(H,23,24,25). The van der Waals surface area contributed by atoms with Crippen LogP contribution < -0.4 is 5.32 Å². The molecule has 152 valence electrons. The number of nitrogens with zero attached hydrogens (tertiary/aromatic N) is 4. The van der Waals surface area contributed by atoms with Crippen molar-refractivity contribution in [3.8, 4) is 0 Å². The van der Waals surface area contributed by atoms with Crippen molar-refractivity contribution >= 4 is 23.2 Å². The predicted molar refractivity (Wildman–Crippen MR) is 108 cm³/mol. The Morgan fingerprint density at radius 1 is 1.24 bits per heavy atom. The topological polar surface area (TPSA) is 72.3 Å². The van der Waals surface area contributed by atoms with E-state index in [1.165, 1.54) is 12.1 Å². The van der Waals surface area contributed by atoms with E-state index in [-0.39, 0.29) is 18.0 Å². The van der Waals surface area contributed by atoms with E-state index in [4.69, 9.17) is 4.74 Å². The number of halogens is 1. The Kier molecular flexibility index (Phi) is 5.59. The van der Waals surface area contributed by atoms with Crippen molar-refractivity contribution in [2.45, 2.75) is 32.4 Å². The number of anilines is 1. The van der Waals surface area contributed by atoms with E-state index in [2.05, 4.69) is 19.9 Å². The van der Waals surface area contributed by atoms with Gasteiger partial charge in [-0.1, -0.05) is 12.1 Å². The highest BCUT2D eigenvalue weighted by Crippen LogP contribution is 2.23. The Balaban J connectivity index is 1.51. The van der Waals surface area contributed by atoms with Gasteiger partial charge < -0.3 is 19.5 Å². The molecule has 1 amide bonds. The largest absolute Gasteiger partial charge is 0.450 e. The minimum Gasteiger partial charge on any atom is -0.450 e. The molecule has 0 atom stereocenters. The van der Waals surface area contributed by atoms with Crippen LogP contribution in [0.15, 0.2) is 42.6 Å². The first kappa shape index (κ1) is 19.2. The molecule has 1 N–H and O–H groups in total. The first-order valence-corrected chi connectivity index (χ1v) is 9.88. The number of rotatable bonds is 5. The second-order valence-corrected chi connectivity index (χ2v) is 7.10. The van der Waals surface area contributed by atoms with Crippen molar-refractivity contribution in [1.29, 1.82) is 0 Å². The molecule has 1 saturated heterocycles. The van der Waals surface area contributed by atoms with Gasteiger partial charge in [0.1, 0.15) is 5.82 Å². The Labute approximate surface area is 168 Å². The summed E-state index contributed by atoms with van der Waals surface area (Å²) >= 11 is 0. The second kappa shape index (κ2) is 8.46. The van der Waals surface area contributed by atoms with Gasteiger partial charge in [-0.05, 0) is 49.6 Å². The highest BCUT2D eigenvalue weighted by molar-refractivity contribution is 5.74. The molecule has 0 spiro atoms. The van der Waals surface area contributed by atoms with E-state index in [9.17, 15) is 9.18 Å². The first-order chi connectivity index (χ1) is 14.1. The fraction of sp³-hybridized carbons (Fsp3) is 0.381. The van der Waals surface area contributed by atoms with Gasteiger partial charge in [0.25, 0.3) is 0 Å². The molecule has 4 rings (SSSR count). The average molecular weight is 397 g/mol. The maximum Gasteiger partial charge on any atom is 0.409 e. The van der Waals surface area contributed by atoms with Crippen LogP contribution in [0.3, 0.4) is 0 Å². The normalized spacial score (nSPS) is 14.9. The van der Waals surface area contributed by atoms with Crippen molar-refractivity contribution in [3.05, 3.63) is 54.0 Å². The Morgan fingerprint density at radius 2 is 2.00 bits per heavy atom. The molecule has 1 aliphatic heterocycles. The monoisotopic (exact) mass is 397 g/mol. The summed E-state index contributed by atoms with van der Waals surface area (Å²) < 4.78 is 20.4. The number of carbonyl (C=O) groups excluding carboxylic acids is 1. The summed E-state index contributed by atoms with van der Waals surface area (Å²) in [5, 5.41) is 3.52. The van der Waals surface area contributed by atoms with E-state index >= 15 is 0 Å². The Bertz CT molecular complexity index is 980. The summed E-state index contributed by atoms with van der Waals surface area (Å²) in [6.45, 7) is 4.05. The number of imidazole rings is 1. The van der Waals surface area contributed by atoms with E-state index in [1.807, 2.05) is 19.1 Å². The van der Waals surface area contributed by atoms with E-state index < -0.39 is 0 Å². The number of pyridine rings is 1. The van der Waals surface area contributed by atoms with Crippen LogP contribution in [0.5, 0.6) is 0 Å². The Morgan fingerprint density at radius 3 is 2.72 bits per heavy atom. The molecule has 1 aliphatic rings. The zero-order chi connectivity index (χ0) is 20.2. The lowest BCUT2D eigenvalue weighted by Crippen LogP contribution is -2.42. The molecule has 2 aromatic heterocycles. The lowest BCUT2D eigenvalue weighted by molar-refractivity contribution is 0.0983. The molecule has 1 fully saturated rings. The van der Waals surface area contributed by atoms with Crippen molar-refractivity contribution < 1.29 is 13.9 Å². The second-order valence-electron chi connectivity index (χ2n) is 7.10. The third-order valence-corrected chi connectivity index (χ3v) is 5.13. The maximum atomic E-state index is 13.3. The number of piperidine rings is 1. The summed E-state index contributed by atoms with van der Waals surface area (Å²) in [5.41, 5.74) is 2.57. The number of nitrogens with one attached hydrogen (secondary N) is 1. The van der Waals surface area contributed by atoms with Crippen LogP contribution in [-0.2, 0) is 11.3 Å². The number of ether oxygens (including phenoxy) is 1. The fourth-order valence-electron chi connectivity index (χ4n) is 3.61. The quantitative estimate of drug-likeness (QED) is 0.712. The number of carbonyl (C=O) groups is 1. The SMILES string of the molecule is CCOC(=O)N1CCC(Nc2nc3ncccc3n2Cc2ccc(F)cc2)CC1. The van der Waals surface area contributed by atoms with Crippen LogP contribution in [0.1, 0.15) is 25.3 Å². The summed E-state index contributed by atoms with van der Waals surface area (Å²) in [7, 11) is 0. The zero-order valence-corrected chi connectivity index (χ0v) is 16.3. The van der Waals surface area contributed by atoms with Crippen LogP contribution in [0.25, 0.3) is 11.2 Å². The molecular formula is C21H24FN5O2. The molecular weight excluding hydrogens is 373 g/mol. The number of aromatic nitrogens is 3. The number of benzene rings is 1. The summed E-state index contributed by atoms with van der Waals surface area (Å²) in [4.78, 5) is 22.7. The van der Waals surface area contributed by atoms with E-state index in [0.717, 1.165) is 29.9 Å². The summed E-state index contributed by atoms with van der Waals surface area (Å²) in [6.07, 6.45) is 3.09. The third kappa shape index (κ3) is 4.31. The minimum atomic E-state index is -0.252. The Hall–Kier alpha value is -3.16. The first-order valence-electron chi connectivity index (χ1n) is 9.88. The molecule has 0 saturated carbocycles. The molecule has 7 nitrogen and oxygen atoms in total. The number of likely N-dealkylation sites (tertiary alicyclic amines) is 1. The van der Waals surface area contributed by atoms with Gasteiger partial charge in [0.2, 0.25) is 5.95 Å². The number of amides is 1. The molecule has 8 heteroatoms. The fourth-order valence-corrected chi connectivity index (χ4v) is 3.61. The molecule has 29 heavy (non-hydrogen) atoms. The maximum absolute atomic E-state index is 13.3. The van der Waals surface area contributed by atoms with Crippen LogP contribution in [0.4, 0.5) is 15.1 Å². The van der Waals surface area contributed by atoms with Crippen molar-refractivity contribution in [3.63, 3.8) is 0 Å². The molecule has 0 aliphatic carbocycles. The minimum absolute atomic E-state index is 0.199. The van der Waals surface area contributed by atoms with E-state index in [0.29, 0.717) is 31.9 Å². The average Bonchev–Trinajstić information content (AvgIpc) is 3.07. The lowest BCUT2D eigenvalue weighted by Gasteiger charge is -2.31. The smallest absolute Gasteiger partial charge is 0.409 e. The van der Waals surface area contributed by atoms with Crippen LogP contribution in [-0.4, -0.2) is 51.3 Å². The molecule has 0 bridgehead atoms. The van der Waals surface area contributed by atoms with Gasteiger partial charge >= 0.3 is 6.09 Å². The lowest BCUT2D eigenvalue weighted by atomic mass is 10.1. The van der Waals surface area contributed by atoms with Gasteiger partial charge in [0, 0.05) is 25.3 Å². The molecule has 0 radical (unpaired) electrons. The number of hydrogen-bond donors (Lipinski definition) is 1. The van der Waals surface area contributed by atoms with Crippen LogP contribution in [0.2, 0.25) is 0 Å². The predicted octanol–water partition coefficient (Wildman–Crippen LogP) is 3.65. The van der Waals surface area contributed by atoms with Gasteiger partial charge in [-0.15, -0.1) is 0 Å². The molecule has 3 aromatic rings. The van der Waals surface area contributed by atoms with E-state index in [1.54, 1.807) is 23.2 Å². The van der Waals surface area contributed by atoms with Crippen molar-refractivity contribution in [2.75, 3.05) is 25.0 Å². The summed E-state index contributed by atoms with van der Waals surface area (Å²) in [5.74, 6) is 0.482. The highest BCUT2D eigenvalue weighted by Gasteiger charge is 2.25. The summed E-state index contributed by atoms with van der Waals surface area (Å²) in [6, 6.07) is 10.5. The third-order valence-electron chi connectivity index (χ3n) is 5.13. The van der Waals surface area contributed by atoms with Crippen molar-refractivity contribution in [2.24, 2.45) is 0 Å². The van der Waals surface area contributed by atoms with Gasteiger partial charge in [-0.3, -0.25) is 0 Å². The van der Waals surface area contributed by atoms with Gasteiger partial charge in [-0.25, -0.2) is 14.2 Å². The number of fused-ring (bicyclic) bond motifs is 1. The molecule has 3 heterocycles. The van der Waals surface area contributed by atoms with Gasteiger partial charge in [0.15, 0.2) is 5.65 Å².